The predicted molar refractivity (Wildman–Crippen MR) is 91.8 cm³/mol. The van der Waals surface area contributed by atoms with Crippen LogP contribution in [0.3, 0.4) is 0 Å². The molecule has 1 N–H and O–H groups in total. The van der Waals surface area contributed by atoms with E-state index in [1.54, 1.807) is 0 Å². The van der Waals surface area contributed by atoms with Crippen molar-refractivity contribution in [1.82, 2.24) is 4.90 Å². The summed E-state index contributed by atoms with van der Waals surface area (Å²) in [6, 6.07) is 8.91. The molecule has 0 bridgehead atoms. The van der Waals surface area contributed by atoms with E-state index in [1.165, 1.54) is 11.3 Å². The number of hydrogen-bond donors (Lipinski definition) is 1. The second-order valence-electron chi connectivity index (χ2n) is 7.12. The molecule has 1 aromatic rings. The Labute approximate surface area is 153 Å². The van der Waals surface area contributed by atoms with Crippen molar-refractivity contribution in [3.8, 4) is 0 Å². The molecule has 2 rings (SSSR count). The minimum atomic E-state index is -0.697. The van der Waals surface area contributed by atoms with Crippen LogP contribution in [0.2, 0.25) is 0 Å². The van der Waals surface area contributed by atoms with Crippen LogP contribution in [0.25, 0.3) is 0 Å². The number of hydrogen-bond acceptors (Lipinski definition) is 3. The molecule has 0 atom stereocenters. The van der Waals surface area contributed by atoms with Gasteiger partial charge in [-0.1, -0.05) is 32.9 Å². The molecule has 124 valence electrons. The molecular formula is C18H29LiN2O2. The Morgan fingerprint density at radius 1 is 1.13 bits per heavy atom. The second-order valence-corrected chi connectivity index (χ2v) is 7.12. The molecular weight excluding hydrogens is 283 g/mol. The van der Waals surface area contributed by atoms with Crippen molar-refractivity contribution in [2.75, 3.05) is 37.6 Å². The number of carboxylic acid groups (broad SMARTS) is 1. The van der Waals surface area contributed by atoms with Crippen LogP contribution in [0, 0.1) is 0 Å². The van der Waals surface area contributed by atoms with Crippen molar-refractivity contribution in [2.45, 2.75) is 39.0 Å². The number of anilines is 1. The Balaban J connectivity index is 0.00000264. The summed E-state index contributed by atoms with van der Waals surface area (Å²) in [6.45, 7) is 11.7. The number of piperazine rings is 1. The van der Waals surface area contributed by atoms with Gasteiger partial charge in [0.1, 0.15) is 0 Å². The van der Waals surface area contributed by atoms with Crippen molar-refractivity contribution < 1.29 is 30.2 Å². The van der Waals surface area contributed by atoms with E-state index in [9.17, 15) is 4.79 Å². The van der Waals surface area contributed by atoms with Gasteiger partial charge in [-0.15, -0.1) is 0 Å². The Hall–Kier alpha value is -0.953. The molecule has 0 aliphatic carbocycles. The first-order chi connectivity index (χ1) is 10.4. The van der Waals surface area contributed by atoms with Gasteiger partial charge >= 0.3 is 24.8 Å². The summed E-state index contributed by atoms with van der Waals surface area (Å²) in [7, 11) is 0. The maximum absolute atomic E-state index is 10.5. The summed E-state index contributed by atoms with van der Waals surface area (Å²) in [4.78, 5) is 15.3. The SMILES string of the molecule is CC(C)(C)c1ccc(N2CCN(CCCC(=O)O)CC2)cc1.[H-].[Li+]. The molecule has 0 spiro atoms. The average molecular weight is 312 g/mol. The molecule has 1 heterocycles. The molecule has 0 amide bonds. The number of rotatable bonds is 5. The third-order valence-electron chi connectivity index (χ3n) is 4.34. The fourth-order valence-corrected chi connectivity index (χ4v) is 2.86. The fraction of sp³-hybridized carbons (Fsp3) is 0.611. The topological polar surface area (TPSA) is 43.8 Å². The largest absolute Gasteiger partial charge is 1.00 e. The van der Waals surface area contributed by atoms with Gasteiger partial charge < -0.3 is 11.4 Å². The summed E-state index contributed by atoms with van der Waals surface area (Å²) in [5.74, 6) is -0.697. The van der Waals surface area contributed by atoms with E-state index in [0.717, 1.165) is 39.1 Å². The minimum absolute atomic E-state index is 0. The molecule has 5 heteroatoms. The predicted octanol–water partition coefficient (Wildman–Crippen LogP) is 0.0874. The molecule has 0 unspecified atom stereocenters. The first-order valence-electron chi connectivity index (χ1n) is 8.16. The minimum Gasteiger partial charge on any atom is -1.00 e. The smallest absolute Gasteiger partial charge is 1.00 e. The van der Waals surface area contributed by atoms with E-state index < -0.39 is 5.97 Å². The number of nitrogens with zero attached hydrogens (tertiary/aromatic N) is 2. The van der Waals surface area contributed by atoms with Crippen LogP contribution in [0.1, 0.15) is 40.6 Å². The normalized spacial score (nSPS) is 16.0. The molecule has 1 aromatic carbocycles. The van der Waals surface area contributed by atoms with Crippen LogP contribution in [0.15, 0.2) is 24.3 Å². The van der Waals surface area contributed by atoms with E-state index >= 15 is 0 Å². The first kappa shape index (κ1) is 20.1. The number of benzene rings is 1. The molecule has 1 saturated heterocycles. The van der Waals surface area contributed by atoms with E-state index in [0.29, 0.717) is 0 Å². The van der Waals surface area contributed by atoms with Gasteiger partial charge in [0, 0.05) is 38.3 Å². The van der Waals surface area contributed by atoms with Crippen molar-refractivity contribution in [2.24, 2.45) is 0 Å². The Morgan fingerprint density at radius 3 is 2.17 bits per heavy atom. The maximum Gasteiger partial charge on any atom is 1.00 e. The summed E-state index contributed by atoms with van der Waals surface area (Å²) >= 11 is 0. The molecule has 23 heavy (non-hydrogen) atoms. The maximum atomic E-state index is 10.5. The number of carbonyl (C=O) groups is 1. The molecule has 4 nitrogen and oxygen atoms in total. The zero-order chi connectivity index (χ0) is 16.2. The Morgan fingerprint density at radius 2 is 1.70 bits per heavy atom. The van der Waals surface area contributed by atoms with Gasteiger partial charge in [-0.3, -0.25) is 9.69 Å². The average Bonchev–Trinajstić information content (AvgIpc) is 2.47. The van der Waals surface area contributed by atoms with Crippen molar-refractivity contribution >= 4 is 11.7 Å². The molecule has 0 radical (unpaired) electrons. The zero-order valence-electron chi connectivity index (χ0n) is 16.0. The van der Waals surface area contributed by atoms with Gasteiger partial charge in [0.25, 0.3) is 0 Å². The van der Waals surface area contributed by atoms with Crippen LogP contribution >= 0.6 is 0 Å². The van der Waals surface area contributed by atoms with Crippen LogP contribution in [0.5, 0.6) is 0 Å². The van der Waals surface area contributed by atoms with E-state index in [2.05, 4.69) is 54.8 Å². The molecule has 0 aromatic heterocycles. The van der Waals surface area contributed by atoms with Gasteiger partial charge in [-0.05, 0) is 36.1 Å². The standard InChI is InChI=1S/C18H28N2O2.Li.H/c1-18(2,3)15-6-8-16(9-7-15)20-13-11-19(12-14-20)10-4-5-17(21)22;;/h6-9H,4-5,10-14H2,1-3H3,(H,21,22);;/q;+1;-1. The fourth-order valence-electron chi connectivity index (χ4n) is 2.86. The van der Waals surface area contributed by atoms with Crippen LogP contribution in [0.4, 0.5) is 5.69 Å². The second kappa shape index (κ2) is 8.78. The van der Waals surface area contributed by atoms with Gasteiger partial charge in [-0.2, -0.15) is 0 Å². The quantitative estimate of drug-likeness (QED) is 0.783. The Kier molecular flexibility index (Phi) is 7.67. The molecule has 1 aliphatic rings. The van der Waals surface area contributed by atoms with Crippen LogP contribution in [-0.4, -0.2) is 48.7 Å². The third kappa shape index (κ3) is 6.22. The Bertz CT molecular complexity index is 495. The summed E-state index contributed by atoms with van der Waals surface area (Å²) in [5, 5.41) is 8.69. The monoisotopic (exact) mass is 312 g/mol. The molecule has 1 fully saturated rings. The summed E-state index contributed by atoms with van der Waals surface area (Å²) in [6.07, 6.45) is 1.02. The number of carboxylic acids is 1. The molecule has 0 saturated carbocycles. The third-order valence-corrected chi connectivity index (χ3v) is 4.34. The van der Waals surface area contributed by atoms with Gasteiger partial charge in [0.2, 0.25) is 0 Å². The van der Waals surface area contributed by atoms with Gasteiger partial charge in [-0.25, -0.2) is 0 Å². The van der Waals surface area contributed by atoms with Crippen LogP contribution < -0.4 is 23.8 Å². The van der Waals surface area contributed by atoms with Crippen LogP contribution in [-0.2, 0) is 10.2 Å². The first-order valence-corrected chi connectivity index (χ1v) is 8.16. The summed E-state index contributed by atoms with van der Waals surface area (Å²) in [5.41, 5.74) is 2.85. The van der Waals surface area contributed by atoms with Crippen molar-refractivity contribution in [3.63, 3.8) is 0 Å². The number of aliphatic carboxylic acids is 1. The van der Waals surface area contributed by atoms with E-state index in [-0.39, 0.29) is 32.1 Å². The van der Waals surface area contributed by atoms with Gasteiger partial charge in [0.15, 0.2) is 0 Å². The van der Waals surface area contributed by atoms with Crippen molar-refractivity contribution in [1.29, 1.82) is 0 Å². The van der Waals surface area contributed by atoms with E-state index in [1.807, 2.05) is 0 Å². The van der Waals surface area contributed by atoms with Gasteiger partial charge in [0.05, 0.1) is 0 Å². The van der Waals surface area contributed by atoms with E-state index in [4.69, 9.17) is 5.11 Å². The summed E-state index contributed by atoms with van der Waals surface area (Å²) < 4.78 is 0. The molecule has 1 aliphatic heterocycles. The van der Waals surface area contributed by atoms with Crippen molar-refractivity contribution in [3.05, 3.63) is 29.8 Å². The zero-order valence-corrected chi connectivity index (χ0v) is 15.0.